The molecule has 0 atom stereocenters. The summed E-state index contributed by atoms with van der Waals surface area (Å²) in [5, 5.41) is 11.0. The highest BCUT2D eigenvalue weighted by Gasteiger charge is 2.17. The molecule has 1 saturated heterocycles. The zero-order chi connectivity index (χ0) is 24.7. The zero-order valence-electron chi connectivity index (χ0n) is 21.0. The molecule has 0 unspecified atom stereocenters. The summed E-state index contributed by atoms with van der Waals surface area (Å²) in [6.45, 7) is 6.25. The summed E-state index contributed by atoms with van der Waals surface area (Å²) in [5.41, 5.74) is 3.99. The van der Waals surface area contributed by atoms with Gasteiger partial charge in [-0.1, -0.05) is 25.5 Å². The smallest absolute Gasteiger partial charge is 0.219 e. The van der Waals surface area contributed by atoms with Gasteiger partial charge in [-0.15, -0.1) is 0 Å². The number of ether oxygens (including phenoxy) is 1. The molecule has 1 aromatic heterocycles. The van der Waals surface area contributed by atoms with Gasteiger partial charge in [-0.2, -0.15) is 0 Å². The Balaban J connectivity index is 1.32. The first kappa shape index (κ1) is 24.5. The van der Waals surface area contributed by atoms with Gasteiger partial charge in [0, 0.05) is 35.5 Å². The van der Waals surface area contributed by atoms with Gasteiger partial charge in [0.2, 0.25) is 9.76 Å². The number of nitrogens with zero attached hydrogens (tertiary/aromatic N) is 1. The number of phenolic OH excluding ortho intramolecular Hbond substituents is 1. The number of furan rings is 1. The van der Waals surface area contributed by atoms with Crippen molar-refractivity contribution in [3.05, 3.63) is 77.9 Å². The van der Waals surface area contributed by atoms with Crippen molar-refractivity contribution in [1.29, 1.82) is 0 Å². The number of rotatable bonds is 10. The van der Waals surface area contributed by atoms with Crippen LogP contribution in [0.5, 0.6) is 17.2 Å². The maximum atomic E-state index is 10.0. The van der Waals surface area contributed by atoms with Crippen LogP contribution in [-0.4, -0.2) is 46.0 Å². The number of hydrogen-bond donors (Lipinski definition) is 1. The van der Waals surface area contributed by atoms with Gasteiger partial charge in [0.05, 0.1) is 0 Å². The lowest BCUT2D eigenvalue weighted by Crippen LogP contribution is -2.33. The molecule has 3 aromatic carbocycles. The Morgan fingerprint density at radius 1 is 0.917 bits per heavy atom. The van der Waals surface area contributed by atoms with Crippen molar-refractivity contribution in [2.45, 2.75) is 38.7 Å². The summed E-state index contributed by atoms with van der Waals surface area (Å²) in [7, 11) is -0.502. The molecule has 1 fully saturated rings. The number of fused-ring (bicyclic) bond motifs is 1. The number of benzene rings is 3. The van der Waals surface area contributed by atoms with Crippen molar-refractivity contribution in [3.8, 4) is 28.6 Å². The van der Waals surface area contributed by atoms with E-state index in [0.717, 1.165) is 59.4 Å². The van der Waals surface area contributed by atoms with Crippen molar-refractivity contribution in [2.24, 2.45) is 0 Å². The van der Waals surface area contributed by atoms with Gasteiger partial charge in [0.1, 0.15) is 35.2 Å². The lowest BCUT2D eigenvalue weighted by molar-refractivity contribution is 0.183. The fraction of sp³-hybridized carbons (Fsp3) is 0.333. The van der Waals surface area contributed by atoms with E-state index in [1.54, 1.807) is 12.1 Å². The van der Waals surface area contributed by atoms with Gasteiger partial charge in [-0.25, -0.2) is 0 Å². The van der Waals surface area contributed by atoms with E-state index in [9.17, 15) is 5.11 Å². The molecule has 1 N–H and O–H groups in total. The van der Waals surface area contributed by atoms with Crippen molar-refractivity contribution in [2.75, 3.05) is 26.2 Å². The lowest BCUT2D eigenvalue weighted by Gasteiger charge is -2.26. The Morgan fingerprint density at radius 2 is 1.67 bits per heavy atom. The molecule has 5 rings (SSSR count). The SMILES string of the molecule is CC[SiH2]Oc1ccc(-c2oc3cc(O)ccc3c2Cc2ccc(OCCN3CCCCC3)cc2)cc1. The summed E-state index contributed by atoms with van der Waals surface area (Å²) >= 11 is 0. The van der Waals surface area contributed by atoms with Crippen LogP contribution in [0.2, 0.25) is 6.04 Å². The molecule has 0 amide bonds. The minimum atomic E-state index is -0.502. The van der Waals surface area contributed by atoms with Crippen molar-refractivity contribution in [3.63, 3.8) is 0 Å². The van der Waals surface area contributed by atoms with E-state index in [2.05, 4.69) is 48.2 Å². The molecule has 0 saturated carbocycles. The molecule has 188 valence electrons. The van der Waals surface area contributed by atoms with E-state index in [0.29, 0.717) is 5.58 Å². The summed E-state index contributed by atoms with van der Waals surface area (Å²) in [4.78, 5) is 2.49. The third-order valence-electron chi connectivity index (χ3n) is 6.79. The van der Waals surface area contributed by atoms with Crippen LogP contribution in [-0.2, 0) is 6.42 Å². The average molecular weight is 502 g/mol. The Kier molecular flexibility index (Phi) is 7.94. The summed E-state index contributed by atoms with van der Waals surface area (Å²) in [5.74, 6) is 2.85. The predicted octanol–water partition coefficient (Wildman–Crippen LogP) is 6.16. The van der Waals surface area contributed by atoms with E-state index in [-0.39, 0.29) is 5.75 Å². The van der Waals surface area contributed by atoms with Crippen molar-refractivity contribution >= 4 is 20.7 Å². The highest BCUT2D eigenvalue weighted by molar-refractivity contribution is 6.28. The van der Waals surface area contributed by atoms with Crippen LogP contribution in [0.1, 0.15) is 37.3 Å². The Bertz CT molecular complexity index is 1260. The number of piperidine rings is 1. The first-order valence-electron chi connectivity index (χ1n) is 13.1. The standard InChI is InChI=1S/C30H35NO4Si/c1-2-36-35-26-13-8-23(9-14-26)30-28(27-15-10-24(32)21-29(27)34-30)20-22-6-11-25(12-7-22)33-19-18-31-16-4-3-5-17-31/h6-15,21,32H,2-5,16-20,36H2,1H3. The number of phenols is 1. The first-order valence-corrected chi connectivity index (χ1v) is 14.7. The van der Waals surface area contributed by atoms with Crippen LogP contribution < -0.4 is 9.16 Å². The molecule has 0 bridgehead atoms. The molecular formula is C30H35NO4Si. The van der Waals surface area contributed by atoms with Crippen LogP contribution in [0.25, 0.3) is 22.3 Å². The number of aromatic hydroxyl groups is 1. The van der Waals surface area contributed by atoms with E-state index >= 15 is 0 Å². The fourth-order valence-corrected chi connectivity index (χ4v) is 5.49. The normalized spacial score (nSPS) is 14.6. The first-order chi connectivity index (χ1) is 17.7. The molecule has 1 aliphatic rings. The van der Waals surface area contributed by atoms with Crippen LogP contribution in [0.3, 0.4) is 0 Å². The Morgan fingerprint density at radius 3 is 2.42 bits per heavy atom. The molecule has 5 nitrogen and oxygen atoms in total. The highest BCUT2D eigenvalue weighted by Crippen LogP contribution is 2.37. The third-order valence-corrected chi connectivity index (χ3v) is 7.74. The number of hydrogen-bond acceptors (Lipinski definition) is 5. The summed E-state index contributed by atoms with van der Waals surface area (Å²) in [6, 6.07) is 23.0. The highest BCUT2D eigenvalue weighted by atomic mass is 28.2. The lowest BCUT2D eigenvalue weighted by atomic mass is 9.98. The molecule has 4 aromatic rings. The Hall–Kier alpha value is -3.22. The van der Waals surface area contributed by atoms with Crippen molar-refractivity contribution in [1.82, 2.24) is 4.90 Å². The minimum Gasteiger partial charge on any atom is -0.549 e. The molecule has 36 heavy (non-hydrogen) atoms. The molecule has 0 spiro atoms. The Labute approximate surface area is 215 Å². The topological polar surface area (TPSA) is 55.1 Å². The maximum Gasteiger partial charge on any atom is 0.219 e. The fourth-order valence-electron chi connectivity index (χ4n) is 4.85. The van der Waals surface area contributed by atoms with Crippen LogP contribution in [0.4, 0.5) is 0 Å². The number of likely N-dealkylation sites (tertiary alicyclic amines) is 1. The molecule has 0 radical (unpaired) electrons. The van der Waals surface area contributed by atoms with Crippen LogP contribution in [0, 0.1) is 0 Å². The van der Waals surface area contributed by atoms with Gasteiger partial charge in [-0.05, 0) is 86.1 Å². The largest absolute Gasteiger partial charge is 0.549 e. The summed E-state index contributed by atoms with van der Waals surface area (Å²) < 4.78 is 18.2. The minimum absolute atomic E-state index is 0.202. The van der Waals surface area contributed by atoms with E-state index in [1.165, 1.54) is 37.9 Å². The molecule has 0 aliphatic carbocycles. The monoisotopic (exact) mass is 501 g/mol. The molecule has 1 aliphatic heterocycles. The second-order valence-electron chi connectivity index (χ2n) is 9.53. The molecule has 2 heterocycles. The summed E-state index contributed by atoms with van der Waals surface area (Å²) in [6.07, 6.45) is 4.69. The van der Waals surface area contributed by atoms with Gasteiger partial charge in [0.25, 0.3) is 0 Å². The van der Waals surface area contributed by atoms with E-state index < -0.39 is 9.76 Å². The van der Waals surface area contributed by atoms with Gasteiger partial charge in [-0.3, -0.25) is 4.90 Å². The predicted molar refractivity (Wildman–Crippen MR) is 148 cm³/mol. The second kappa shape index (κ2) is 11.7. The van der Waals surface area contributed by atoms with Gasteiger partial charge in [0.15, 0.2) is 0 Å². The quantitative estimate of drug-likeness (QED) is 0.264. The molecular weight excluding hydrogens is 466 g/mol. The maximum absolute atomic E-state index is 10.0. The van der Waals surface area contributed by atoms with E-state index in [4.69, 9.17) is 13.6 Å². The van der Waals surface area contributed by atoms with Crippen LogP contribution >= 0.6 is 0 Å². The zero-order valence-corrected chi connectivity index (χ0v) is 22.5. The van der Waals surface area contributed by atoms with E-state index in [1.807, 2.05) is 18.2 Å². The van der Waals surface area contributed by atoms with Crippen LogP contribution in [0.15, 0.2) is 71.1 Å². The second-order valence-corrected chi connectivity index (χ2v) is 11.2. The molecule has 6 heteroatoms. The van der Waals surface area contributed by atoms with Gasteiger partial charge < -0.3 is 18.7 Å². The van der Waals surface area contributed by atoms with Crippen molar-refractivity contribution < 1.29 is 18.7 Å². The van der Waals surface area contributed by atoms with Gasteiger partial charge >= 0.3 is 0 Å². The third kappa shape index (κ3) is 5.94. The average Bonchev–Trinajstić information content (AvgIpc) is 3.26.